The number of fused-ring (bicyclic) bond motifs is 1. The number of rotatable bonds is 6. The van der Waals surface area contributed by atoms with Crippen molar-refractivity contribution in [2.45, 2.75) is 43.0 Å². The molecule has 1 aliphatic carbocycles. The lowest BCUT2D eigenvalue weighted by molar-refractivity contribution is 0.0917. The quantitative estimate of drug-likeness (QED) is 0.489. The first-order valence-electron chi connectivity index (χ1n) is 9.49. The highest BCUT2D eigenvalue weighted by molar-refractivity contribution is 7.98. The van der Waals surface area contributed by atoms with Crippen LogP contribution in [0.1, 0.15) is 48.2 Å². The van der Waals surface area contributed by atoms with Crippen molar-refractivity contribution >= 4 is 28.6 Å². The number of carbonyl (C=O) groups excluding carboxylic acids is 1. The lowest BCUT2D eigenvalue weighted by atomic mass is 9.89. The number of thioether (sulfide) groups is 1. The first-order chi connectivity index (χ1) is 13.3. The number of amides is 1. The molecule has 2 aromatic heterocycles. The molecule has 5 nitrogen and oxygen atoms in total. The summed E-state index contributed by atoms with van der Waals surface area (Å²) in [6.45, 7) is 0.726. The number of para-hydroxylation sites is 1. The maximum atomic E-state index is 12.8. The average Bonchev–Trinajstić information content (AvgIpc) is 3.11. The molecule has 27 heavy (non-hydrogen) atoms. The Kier molecular flexibility index (Phi) is 5.72. The molecule has 0 radical (unpaired) electrons. The van der Waals surface area contributed by atoms with E-state index < -0.39 is 0 Å². The summed E-state index contributed by atoms with van der Waals surface area (Å²) in [7, 11) is 0. The maximum Gasteiger partial charge on any atom is 0.287 e. The highest BCUT2D eigenvalue weighted by Crippen LogP contribution is 2.31. The summed E-state index contributed by atoms with van der Waals surface area (Å²) in [4.78, 5) is 21.3. The third-order valence-corrected chi connectivity index (χ3v) is 5.97. The van der Waals surface area contributed by atoms with Gasteiger partial charge in [-0.1, -0.05) is 49.2 Å². The van der Waals surface area contributed by atoms with Crippen LogP contribution in [0.5, 0.6) is 0 Å². The molecular weight excluding hydrogens is 358 g/mol. The summed E-state index contributed by atoms with van der Waals surface area (Å²) in [5.74, 6) is 1.46. The smallest absolute Gasteiger partial charge is 0.287 e. The number of nitrogens with zero attached hydrogens (tertiary/aromatic N) is 2. The van der Waals surface area contributed by atoms with Crippen LogP contribution >= 0.6 is 11.8 Å². The molecule has 0 unspecified atom stereocenters. The first kappa shape index (κ1) is 18.0. The molecular formula is C21H23N3O2S. The Balaban J connectivity index is 1.52. The van der Waals surface area contributed by atoms with E-state index in [1.54, 1.807) is 18.5 Å². The molecule has 1 aromatic carbocycles. The minimum absolute atomic E-state index is 0.124. The van der Waals surface area contributed by atoms with Gasteiger partial charge < -0.3 is 9.73 Å². The Hall–Kier alpha value is -2.34. The second-order valence-electron chi connectivity index (χ2n) is 6.94. The molecule has 2 heterocycles. The zero-order valence-corrected chi connectivity index (χ0v) is 16.0. The fraction of sp³-hybridized carbons (Fsp3) is 0.381. The van der Waals surface area contributed by atoms with E-state index in [9.17, 15) is 4.79 Å². The van der Waals surface area contributed by atoms with Gasteiger partial charge >= 0.3 is 0 Å². The third-order valence-electron chi connectivity index (χ3n) is 5.07. The molecule has 1 saturated carbocycles. The fourth-order valence-corrected chi connectivity index (χ4v) is 4.46. The highest BCUT2D eigenvalue weighted by Gasteiger charge is 2.22. The van der Waals surface area contributed by atoms with Gasteiger partial charge in [0.1, 0.15) is 5.58 Å². The molecule has 6 heteroatoms. The van der Waals surface area contributed by atoms with Gasteiger partial charge in [-0.05, 0) is 30.9 Å². The zero-order valence-electron chi connectivity index (χ0n) is 15.2. The molecule has 0 aliphatic heterocycles. The number of furan rings is 1. The average molecular weight is 382 g/mol. The molecule has 1 aliphatic rings. The lowest BCUT2D eigenvalue weighted by Crippen LogP contribution is -2.30. The molecule has 1 fully saturated rings. The standard InChI is InChI=1S/C21H23N3O2S/c25-20(24-13-15-7-2-1-3-8-15)19-17(14-27-21-22-11-6-12-23-21)16-9-4-5-10-18(16)26-19/h4-6,9-12,15H,1-3,7-8,13-14H2,(H,24,25). The van der Waals surface area contributed by atoms with E-state index in [-0.39, 0.29) is 5.91 Å². The summed E-state index contributed by atoms with van der Waals surface area (Å²) in [6, 6.07) is 9.59. The molecule has 140 valence electrons. The van der Waals surface area contributed by atoms with Crippen LogP contribution in [-0.4, -0.2) is 22.4 Å². The van der Waals surface area contributed by atoms with Crippen LogP contribution in [-0.2, 0) is 5.75 Å². The van der Waals surface area contributed by atoms with Crippen molar-refractivity contribution in [1.82, 2.24) is 15.3 Å². The number of carbonyl (C=O) groups is 1. The topological polar surface area (TPSA) is 68.0 Å². The summed E-state index contributed by atoms with van der Waals surface area (Å²) in [5.41, 5.74) is 1.65. The molecule has 0 saturated heterocycles. The van der Waals surface area contributed by atoms with Crippen molar-refractivity contribution in [3.8, 4) is 0 Å². The van der Waals surface area contributed by atoms with E-state index in [1.165, 1.54) is 43.9 Å². The monoisotopic (exact) mass is 381 g/mol. The number of benzene rings is 1. The summed E-state index contributed by atoms with van der Waals surface area (Å²) >= 11 is 1.51. The Morgan fingerprint density at radius 2 is 1.89 bits per heavy atom. The summed E-state index contributed by atoms with van der Waals surface area (Å²) in [6.07, 6.45) is 9.70. The molecule has 0 spiro atoms. The van der Waals surface area contributed by atoms with Gasteiger partial charge in [-0.25, -0.2) is 9.97 Å². The van der Waals surface area contributed by atoms with Gasteiger partial charge in [0.15, 0.2) is 10.9 Å². The number of aromatic nitrogens is 2. The molecule has 1 amide bonds. The normalized spacial score (nSPS) is 15.1. The van der Waals surface area contributed by atoms with Gasteiger partial charge in [-0.3, -0.25) is 4.79 Å². The minimum Gasteiger partial charge on any atom is -0.451 e. The van der Waals surface area contributed by atoms with Crippen LogP contribution in [0.15, 0.2) is 52.3 Å². The second kappa shape index (κ2) is 8.57. The van der Waals surface area contributed by atoms with E-state index in [4.69, 9.17) is 4.42 Å². The van der Waals surface area contributed by atoms with Crippen LogP contribution in [0, 0.1) is 5.92 Å². The van der Waals surface area contributed by atoms with Crippen molar-refractivity contribution in [2.75, 3.05) is 6.54 Å². The van der Waals surface area contributed by atoms with Gasteiger partial charge in [0.05, 0.1) is 0 Å². The van der Waals surface area contributed by atoms with E-state index in [1.807, 2.05) is 24.3 Å². The van der Waals surface area contributed by atoms with Crippen molar-refractivity contribution in [3.05, 3.63) is 54.0 Å². The lowest BCUT2D eigenvalue weighted by Gasteiger charge is -2.21. The van der Waals surface area contributed by atoms with Crippen LogP contribution < -0.4 is 5.32 Å². The molecule has 0 bridgehead atoms. The Labute approximate surface area is 163 Å². The summed E-state index contributed by atoms with van der Waals surface area (Å²) < 4.78 is 5.92. The predicted molar refractivity (Wildman–Crippen MR) is 107 cm³/mol. The first-order valence-corrected chi connectivity index (χ1v) is 10.5. The molecule has 0 atom stereocenters. The largest absolute Gasteiger partial charge is 0.451 e. The number of nitrogens with one attached hydrogen (secondary N) is 1. The highest BCUT2D eigenvalue weighted by atomic mass is 32.2. The van der Waals surface area contributed by atoms with Gasteiger partial charge in [-0.2, -0.15) is 0 Å². The maximum absolute atomic E-state index is 12.8. The van der Waals surface area contributed by atoms with E-state index in [0.717, 1.165) is 23.1 Å². The van der Waals surface area contributed by atoms with Crippen LogP contribution in [0.4, 0.5) is 0 Å². The second-order valence-corrected chi connectivity index (χ2v) is 7.88. The van der Waals surface area contributed by atoms with Gasteiger partial charge in [0.2, 0.25) is 0 Å². The number of hydrogen-bond acceptors (Lipinski definition) is 5. The van der Waals surface area contributed by atoms with Crippen LogP contribution in [0.25, 0.3) is 11.0 Å². The summed E-state index contributed by atoms with van der Waals surface area (Å²) in [5, 5.41) is 4.76. The van der Waals surface area contributed by atoms with Crippen LogP contribution in [0.3, 0.4) is 0 Å². The van der Waals surface area contributed by atoms with E-state index in [2.05, 4.69) is 15.3 Å². The fourth-order valence-electron chi connectivity index (χ4n) is 3.63. The minimum atomic E-state index is -0.124. The zero-order chi connectivity index (χ0) is 18.5. The van der Waals surface area contributed by atoms with Crippen molar-refractivity contribution in [2.24, 2.45) is 5.92 Å². The predicted octanol–water partition coefficient (Wildman–Crippen LogP) is 4.83. The SMILES string of the molecule is O=C(NCC1CCCCC1)c1oc2ccccc2c1CSc1ncccn1. The van der Waals surface area contributed by atoms with E-state index in [0.29, 0.717) is 22.6 Å². The molecule has 4 rings (SSSR count). The van der Waals surface area contributed by atoms with Gasteiger partial charge in [0, 0.05) is 35.6 Å². The molecule has 3 aromatic rings. The molecule has 1 N–H and O–H groups in total. The van der Waals surface area contributed by atoms with Crippen LogP contribution in [0.2, 0.25) is 0 Å². The third kappa shape index (κ3) is 4.33. The van der Waals surface area contributed by atoms with E-state index >= 15 is 0 Å². The Morgan fingerprint density at radius 3 is 2.70 bits per heavy atom. The van der Waals surface area contributed by atoms with Crippen molar-refractivity contribution in [1.29, 1.82) is 0 Å². The van der Waals surface area contributed by atoms with Crippen molar-refractivity contribution in [3.63, 3.8) is 0 Å². The Morgan fingerprint density at radius 1 is 1.11 bits per heavy atom. The number of hydrogen-bond donors (Lipinski definition) is 1. The van der Waals surface area contributed by atoms with Gasteiger partial charge in [0.25, 0.3) is 5.91 Å². The van der Waals surface area contributed by atoms with Crippen molar-refractivity contribution < 1.29 is 9.21 Å². The Bertz CT molecular complexity index is 904. The van der Waals surface area contributed by atoms with Gasteiger partial charge in [-0.15, -0.1) is 0 Å².